The molecule has 0 aliphatic heterocycles. The fourth-order valence-corrected chi connectivity index (χ4v) is 3.66. The van der Waals surface area contributed by atoms with Crippen LogP contribution in [0.5, 0.6) is 0 Å². The lowest BCUT2D eigenvalue weighted by molar-refractivity contribution is -0.139. The number of rotatable bonds is 9. The first-order chi connectivity index (χ1) is 11.8. The van der Waals surface area contributed by atoms with E-state index >= 15 is 0 Å². The van der Waals surface area contributed by atoms with E-state index in [1.807, 2.05) is 0 Å². The summed E-state index contributed by atoms with van der Waals surface area (Å²) in [5.74, 6) is 0.339. The van der Waals surface area contributed by atoms with Crippen molar-refractivity contribution in [3.63, 3.8) is 0 Å². The Labute approximate surface area is 153 Å². The van der Waals surface area contributed by atoms with Crippen molar-refractivity contribution in [1.29, 1.82) is 0 Å². The molecule has 0 radical (unpaired) electrons. The second kappa shape index (κ2) is 10.4. The molecule has 140 valence electrons. The molecule has 0 saturated carbocycles. The summed E-state index contributed by atoms with van der Waals surface area (Å²) >= 11 is 0. The Morgan fingerprint density at radius 3 is 2.60 bits per heavy atom. The second-order valence-corrected chi connectivity index (χ2v) is 7.86. The molecule has 0 aromatic carbocycles. The van der Waals surface area contributed by atoms with Gasteiger partial charge < -0.3 is 4.74 Å². The number of allylic oxidation sites excluding steroid dienone is 5. The van der Waals surface area contributed by atoms with E-state index in [2.05, 4.69) is 39.8 Å². The van der Waals surface area contributed by atoms with E-state index in [4.69, 9.17) is 4.74 Å². The van der Waals surface area contributed by atoms with Crippen LogP contribution in [-0.4, -0.2) is 18.9 Å². The van der Waals surface area contributed by atoms with Gasteiger partial charge in [-0.3, -0.25) is 9.59 Å². The maximum absolute atomic E-state index is 11.1. The molecule has 0 saturated heterocycles. The molecule has 1 aliphatic rings. The van der Waals surface area contributed by atoms with E-state index in [0.29, 0.717) is 23.3 Å². The van der Waals surface area contributed by atoms with E-state index in [-0.39, 0.29) is 12.6 Å². The lowest BCUT2D eigenvalue weighted by Crippen LogP contribution is -2.27. The molecule has 0 aromatic rings. The van der Waals surface area contributed by atoms with Crippen LogP contribution < -0.4 is 0 Å². The third kappa shape index (κ3) is 7.85. The minimum absolute atomic E-state index is 0.175. The van der Waals surface area contributed by atoms with Gasteiger partial charge >= 0.3 is 5.97 Å². The molecular weight excluding hydrogens is 312 g/mol. The molecule has 1 unspecified atom stereocenters. The number of carbonyl (C=O) groups is 2. The van der Waals surface area contributed by atoms with Crippen LogP contribution in [-0.2, 0) is 14.3 Å². The zero-order chi connectivity index (χ0) is 18.9. The van der Waals surface area contributed by atoms with E-state index in [0.717, 1.165) is 19.1 Å². The average molecular weight is 347 g/mol. The lowest BCUT2D eigenvalue weighted by atomic mass is 9.67. The maximum Gasteiger partial charge on any atom is 0.302 e. The highest BCUT2D eigenvalue weighted by Crippen LogP contribution is 2.43. The maximum atomic E-state index is 11.1. The van der Waals surface area contributed by atoms with Crippen molar-refractivity contribution in [3.05, 3.63) is 34.9 Å². The van der Waals surface area contributed by atoms with E-state index < -0.39 is 0 Å². The summed E-state index contributed by atoms with van der Waals surface area (Å²) < 4.78 is 4.84. The Kier molecular flexibility index (Phi) is 8.88. The smallest absolute Gasteiger partial charge is 0.302 e. The van der Waals surface area contributed by atoms with Crippen molar-refractivity contribution in [2.24, 2.45) is 11.3 Å². The number of aldehydes is 1. The predicted octanol–water partition coefficient (Wildman–Crippen LogP) is 5.56. The zero-order valence-electron chi connectivity index (χ0n) is 16.6. The Hall–Kier alpha value is -1.64. The van der Waals surface area contributed by atoms with Gasteiger partial charge in [-0.25, -0.2) is 0 Å². The SMILES string of the molecule is CC(=O)OC/C=C(/C=O)CC/C=C(\C)CCC1C(C)=CCCC1(C)C. The number of hydrogen-bond acceptors (Lipinski definition) is 3. The van der Waals surface area contributed by atoms with Crippen LogP contribution in [0.1, 0.15) is 73.1 Å². The fourth-order valence-electron chi connectivity index (χ4n) is 3.66. The minimum Gasteiger partial charge on any atom is -0.462 e. The van der Waals surface area contributed by atoms with Crippen LogP contribution >= 0.6 is 0 Å². The number of carbonyl (C=O) groups excluding carboxylic acids is 2. The second-order valence-electron chi connectivity index (χ2n) is 7.86. The first kappa shape index (κ1) is 21.4. The molecule has 3 nitrogen and oxygen atoms in total. The fraction of sp³-hybridized carbons (Fsp3) is 0.636. The molecule has 0 N–H and O–H groups in total. The van der Waals surface area contributed by atoms with Gasteiger partial charge in [-0.05, 0) is 75.4 Å². The largest absolute Gasteiger partial charge is 0.462 e. The summed E-state index contributed by atoms with van der Waals surface area (Å²) in [5.41, 5.74) is 4.01. The van der Waals surface area contributed by atoms with Gasteiger partial charge in [0.15, 0.2) is 0 Å². The molecule has 0 amide bonds. The predicted molar refractivity (Wildman–Crippen MR) is 103 cm³/mol. The normalized spacial score (nSPS) is 20.8. The molecule has 1 atom stereocenters. The Morgan fingerprint density at radius 2 is 2.00 bits per heavy atom. The summed E-state index contributed by atoms with van der Waals surface area (Å²) in [7, 11) is 0. The Balaban J connectivity index is 2.45. The number of esters is 1. The third-order valence-corrected chi connectivity index (χ3v) is 5.28. The lowest BCUT2D eigenvalue weighted by Gasteiger charge is -2.38. The summed E-state index contributed by atoms with van der Waals surface area (Å²) in [6.45, 7) is 10.8. The van der Waals surface area contributed by atoms with Crippen molar-refractivity contribution in [3.8, 4) is 0 Å². The number of ether oxygens (including phenoxy) is 1. The van der Waals surface area contributed by atoms with E-state index in [1.165, 1.54) is 31.8 Å². The van der Waals surface area contributed by atoms with E-state index in [1.54, 1.807) is 11.6 Å². The van der Waals surface area contributed by atoms with Crippen LogP contribution in [0, 0.1) is 11.3 Å². The first-order valence-corrected chi connectivity index (χ1v) is 9.36. The molecule has 1 rings (SSSR count). The quantitative estimate of drug-likeness (QED) is 0.237. The zero-order valence-corrected chi connectivity index (χ0v) is 16.6. The molecular formula is C22H34O3. The summed E-state index contributed by atoms with van der Waals surface area (Å²) in [6, 6.07) is 0. The van der Waals surface area contributed by atoms with Crippen molar-refractivity contribution < 1.29 is 14.3 Å². The van der Waals surface area contributed by atoms with Gasteiger partial charge in [-0.2, -0.15) is 0 Å². The molecule has 0 spiro atoms. The Morgan fingerprint density at radius 1 is 1.28 bits per heavy atom. The first-order valence-electron chi connectivity index (χ1n) is 9.36. The highest BCUT2D eigenvalue weighted by atomic mass is 16.5. The van der Waals surface area contributed by atoms with Gasteiger partial charge in [0.2, 0.25) is 0 Å². The van der Waals surface area contributed by atoms with Crippen molar-refractivity contribution >= 4 is 12.3 Å². The topological polar surface area (TPSA) is 43.4 Å². The average Bonchev–Trinajstić information content (AvgIpc) is 2.52. The summed E-state index contributed by atoms with van der Waals surface area (Å²) in [4.78, 5) is 21.8. The van der Waals surface area contributed by atoms with Crippen LogP contribution in [0.2, 0.25) is 0 Å². The van der Waals surface area contributed by atoms with Crippen molar-refractivity contribution in [2.75, 3.05) is 6.61 Å². The molecule has 25 heavy (non-hydrogen) atoms. The highest BCUT2D eigenvalue weighted by Gasteiger charge is 2.32. The Bertz CT molecular complexity index is 550. The minimum atomic E-state index is -0.327. The molecule has 3 heteroatoms. The summed E-state index contributed by atoms with van der Waals surface area (Å²) in [5, 5.41) is 0. The van der Waals surface area contributed by atoms with Crippen LogP contribution in [0.3, 0.4) is 0 Å². The molecule has 0 aromatic heterocycles. The monoisotopic (exact) mass is 346 g/mol. The van der Waals surface area contributed by atoms with Gasteiger partial charge in [0.25, 0.3) is 0 Å². The van der Waals surface area contributed by atoms with Crippen LogP contribution in [0.4, 0.5) is 0 Å². The van der Waals surface area contributed by atoms with Crippen molar-refractivity contribution in [2.45, 2.75) is 73.1 Å². The van der Waals surface area contributed by atoms with Crippen molar-refractivity contribution in [1.82, 2.24) is 0 Å². The molecule has 0 heterocycles. The van der Waals surface area contributed by atoms with Gasteiger partial charge in [0.1, 0.15) is 12.9 Å². The number of hydrogen-bond donors (Lipinski definition) is 0. The van der Waals surface area contributed by atoms with Crippen LogP contribution in [0.15, 0.2) is 34.9 Å². The van der Waals surface area contributed by atoms with E-state index in [9.17, 15) is 9.59 Å². The summed E-state index contributed by atoms with van der Waals surface area (Å²) in [6.07, 6.45) is 13.5. The third-order valence-electron chi connectivity index (χ3n) is 5.28. The standard InChI is InChI=1S/C22H34O3/c1-17(8-6-10-20(16-23)13-15-25-19(3)24)11-12-21-18(2)9-7-14-22(21,4)5/h8-9,13,16,21H,6-7,10-12,14-15H2,1-5H3/b17-8+,20-13+. The van der Waals surface area contributed by atoms with Gasteiger partial charge in [0.05, 0.1) is 0 Å². The molecule has 0 bridgehead atoms. The molecule has 0 fully saturated rings. The highest BCUT2D eigenvalue weighted by molar-refractivity contribution is 5.73. The van der Waals surface area contributed by atoms with Crippen LogP contribution in [0.25, 0.3) is 0 Å². The van der Waals surface area contributed by atoms with Gasteiger partial charge in [0, 0.05) is 6.92 Å². The molecule has 1 aliphatic carbocycles. The van der Waals surface area contributed by atoms with Gasteiger partial charge in [-0.15, -0.1) is 0 Å². The van der Waals surface area contributed by atoms with Gasteiger partial charge in [-0.1, -0.05) is 37.1 Å².